The summed E-state index contributed by atoms with van der Waals surface area (Å²) < 4.78 is 47.3. The number of carbonyl (C=O) groups is 6. The van der Waals surface area contributed by atoms with Gasteiger partial charge in [0.1, 0.15) is 59.0 Å². The zero-order valence-corrected chi connectivity index (χ0v) is 73.0. The monoisotopic (exact) mass is 1670 g/mol. The summed E-state index contributed by atoms with van der Waals surface area (Å²) in [5.74, 6) is -2.08. The predicted molar refractivity (Wildman–Crippen MR) is 458 cm³/mol. The van der Waals surface area contributed by atoms with Gasteiger partial charge < -0.3 is 35.4 Å². The van der Waals surface area contributed by atoms with Crippen molar-refractivity contribution in [1.82, 2.24) is 30.7 Å². The van der Waals surface area contributed by atoms with Gasteiger partial charge in [-0.2, -0.15) is 0 Å². The van der Waals surface area contributed by atoms with Gasteiger partial charge in [0.05, 0.1) is 6.10 Å². The first-order valence-corrected chi connectivity index (χ1v) is 40.0. The van der Waals surface area contributed by atoms with Gasteiger partial charge in [-0.1, -0.05) is 144 Å². The van der Waals surface area contributed by atoms with Crippen LogP contribution < -0.4 is 35.4 Å². The van der Waals surface area contributed by atoms with Crippen molar-refractivity contribution in [2.75, 3.05) is 91.2 Å². The van der Waals surface area contributed by atoms with Crippen molar-refractivity contribution in [2.24, 2.45) is 28.6 Å². The van der Waals surface area contributed by atoms with E-state index in [9.17, 15) is 41.9 Å². The molecule has 3 N–H and O–H groups in total. The quantitative estimate of drug-likeness (QED) is 0.0496. The average molecular weight is 1670 g/mol. The lowest BCUT2D eigenvalue weighted by Gasteiger charge is -2.40. The Morgan fingerprint density at radius 2 is 0.696 bits per heavy atom. The average Bonchev–Trinajstić information content (AvgIpc) is 0.788. The molecular formula is C87H120Cl6F3N9O7. The Labute approximate surface area is 697 Å². The summed E-state index contributed by atoms with van der Waals surface area (Å²) in [6.45, 7) is 40.9. The summed E-state index contributed by atoms with van der Waals surface area (Å²) >= 11 is 18.3. The molecule has 3 aliphatic rings. The van der Waals surface area contributed by atoms with E-state index in [-0.39, 0.29) is 119 Å². The van der Waals surface area contributed by atoms with Crippen LogP contribution in [0.25, 0.3) is 0 Å². The van der Waals surface area contributed by atoms with Crippen LogP contribution in [0, 0.1) is 66.8 Å². The van der Waals surface area contributed by atoms with Gasteiger partial charge in [0.15, 0.2) is 0 Å². The third-order valence-electron chi connectivity index (χ3n) is 20.3. The number of aryl methyl sites for hydroxylation is 5. The van der Waals surface area contributed by atoms with Crippen molar-refractivity contribution in [1.29, 1.82) is 0 Å². The van der Waals surface area contributed by atoms with Crippen LogP contribution in [0.4, 0.5) is 30.2 Å². The molecule has 3 aliphatic heterocycles. The lowest BCUT2D eigenvalue weighted by atomic mass is 9.88. The Hall–Kier alpha value is -6.65. The molecule has 0 unspecified atom stereocenters. The number of ether oxygens (including phenoxy) is 1. The number of nitrogens with one attached hydrogen (secondary N) is 3. The van der Waals surface area contributed by atoms with Gasteiger partial charge in [0.25, 0.3) is 17.7 Å². The van der Waals surface area contributed by atoms with Gasteiger partial charge in [-0.05, 0) is 200 Å². The number of alkyl halides is 3. The van der Waals surface area contributed by atoms with E-state index < -0.39 is 41.5 Å². The molecule has 0 saturated carbocycles. The van der Waals surface area contributed by atoms with Crippen molar-refractivity contribution >= 4 is 125 Å². The Morgan fingerprint density at radius 3 is 0.929 bits per heavy atom. The van der Waals surface area contributed by atoms with Gasteiger partial charge in [0, 0.05) is 94.1 Å². The zero-order chi connectivity index (χ0) is 80.4. The molecule has 0 aliphatic carbocycles. The number of piperazine rings is 3. The van der Waals surface area contributed by atoms with E-state index >= 15 is 0 Å². The third kappa shape index (κ3) is 27.5. The molecule has 6 atom stereocenters. The second-order valence-electron chi connectivity index (χ2n) is 32.8. The van der Waals surface area contributed by atoms with Crippen LogP contribution in [0.15, 0.2) is 127 Å². The van der Waals surface area contributed by atoms with Crippen LogP contribution >= 0.6 is 72.0 Å². The Kier molecular flexibility index (Phi) is 39.3. The maximum Gasteiger partial charge on any atom is 0.250 e. The first kappa shape index (κ1) is 97.7. The van der Waals surface area contributed by atoms with Crippen molar-refractivity contribution in [3.63, 3.8) is 0 Å². The van der Waals surface area contributed by atoms with E-state index in [2.05, 4.69) is 111 Å². The number of hydrogen-bond acceptors (Lipinski definition) is 10. The summed E-state index contributed by atoms with van der Waals surface area (Å²) in [5.41, 5.74) is 8.82. The standard InChI is InChI=1S/2C30H41ClFN3O2.C27H35ClFN3O3.3ClH/c2*1-20(2)25-19-34(16-15-33-25)29(37)28(23-8-10-24(32)11-9-23)35(27(36)18-31)26-12-7-22(17-21(26)3)13-14-30(4,5)6;1-17(2)23-16-31(13-12-30-23)27(34)26(20-6-8-21(29)9-7-20)32(25(33)15-28)24-11-10-22(14-19(24)5)35-18(3)4;;;/h2*7-12,17,20,25,28,33H,13-16,18-19H2,1-6H3;6-11,14,17-18,23,26,30H,12-13,15-16H2,1-5H3;3*1H/t25-,28+;25-,28-;23-,26-;;;/m001.../s1. The van der Waals surface area contributed by atoms with E-state index in [0.29, 0.717) is 116 Å². The molecule has 6 aromatic rings. The van der Waals surface area contributed by atoms with Crippen LogP contribution in [-0.2, 0) is 41.6 Å². The van der Waals surface area contributed by atoms with Gasteiger partial charge in [-0.25, -0.2) is 13.2 Å². The summed E-state index contributed by atoms with van der Waals surface area (Å²) in [4.78, 5) is 92.3. The van der Waals surface area contributed by atoms with E-state index in [1.807, 2.05) is 74.8 Å². The fourth-order valence-corrected chi connectivity index (χ4v) is 14.3. The number of halogens is 9. The molecule has 9 rings (SSSR count). The summed E-state index contributed by atoms with van der Waals surface area (Å²) in [6, 6.07) is 32.4. The summed E-state index contributed by atoms with van der Waals surface area (Å²) in [7, 11) is 0. The second-order valence-corrected chi connectivity index (χ2v) is 33.6. The third-order valence-corrected chi connectivity index (χ3v) is 21.0. The molecule has 0 aromatic heterocycles. The number of hydrogen-bond donors (Lipinski definition) is 3. The molecule has 0 bridgehead atoms. The van der Waals surface area contributed by atoms with Gasteiger partial charge in [-0.15, -0.1) is 72.0 Å². The highest BCUT2D eigenvalue weighted by Gasteiger charge is 2.42. The minimum atomic E-state index is -0.983. The highest BCUT2D eigenvalue weighted by Crippen LogP contribution is 2.39. The number of anilines is 3. The van der Waals surface area contributed by atoms with E-state index in [1.165, 1.54) is 62.2 Å². The minimum absolute atomic E-state index is 0. The molecule has 3 fully saturated rings. The number of rotatable bonds is 24. The molecule has 3 heterocycles. The first-order valence-electron chi connectivity index (χ1n) is 38.4. The van der Waals surface area contributed by atoms with Crippen molar-refractivity contribution in [3.8, 4) is 5.75 Å². The van der Waals surface area contributed by atoms with E-state index in [1.54, 1.807) is 53.4 Å². The fraction of sp³-hybridized carbons (Fsp3) is 0.517. The zero-order valence-electron chi connectivity index (χ0n) is 68.2. The molecule has 6 amide bonds. The van der Waals surface area contributed by atoms with E-state index in [4.69, 9.17) is 39.5 Å². The van der Waals surface area contributed by atoms with Crippen molar-refractivity contribution < 1.29 is 46.7 Å². The SMILES string of the molecule is Cc1cc(CCC(C)(C)C)ccc1N(C(=O)CCl)[C@@H](C(=O)N1CCN[C@H](C(C)C)C1)c1ccc(F)cc1.Cc1cc(CCC(C)(C)C)ccc1N(C(=O)CCl)[C@H](C(=O)N1CCN[C@H](C(C)C)C1)c1ccc(F)cc1.Cc1cc(OC(C)C)ccc1N(C(=O)CCl)[C@@H](C(=O)N1CCN[C@@H](C(C)C)C1)c1ccc(F)cc1.Cl.Cl.Cl. The number of nitrogens with zero attached hydrogens (tertiary/aromatic N) is 6. The highest BCUT2D eigenvalue weighted by atomic mass is 35.5. The lowest BCUT2D eigenvalue weighted by molar-refractivity contribution is -0.136. The molecule has 112 heavy (non-hydrogen) atoms. The largest absolute Gasteiger partial charge is 0.491 e. The Morgan fingerprint density at radius 1 is 0.429 bits per heavy atom. The van der Waals surface area contributed by atoms with Gasteiger partial charge >= 0.3 is 0 Å². The summed E-state index contributed by atoms with van der Waals surface area (Å²) in [6.07, 6.45) is 3.91. The maximum absolute atomic E-state index is 14.1. The van der Waals surface area contributed by atoms with Gasteiger partial charge in [0.2, 0.25) is 17.7 Å². The molecule has 0 spiro atoms. The van der Waals surface area contributed by atoms with Crippen LogP contribution in [0.3, 0.4) is 0 Å². The van der Waals surface area contributed by atoms with Crippen LogP contribution in [0.5, 0.6) is 5.75 Å². The van der Waals surface area contributed by atoms with Crippen molar-refractivity contribution in [3.05, 3.63) is 189 Å². The predicted octanol–water partition coefficient (Wildman–Crippen LogP) is 17.7. The minimum Gasteiger partial charge on any atom is -0.491 e. The number of benzene rings is 6. The lowest BCUT2D eigenvalue weighted by Crippen LogP contribution is -2.57. The molecular weight excluding hydrogens is 1550 g/mol. The van der Waals surface area contributed by atoms with Crippen LogP contribution in [0.2, 0.25) is 0 Å². The van der Waals surface area contributed by atoms with Crippen molar-refractivity contribution in [2.45, 2.75) is 186 Å². The second kappa shape index (κ2) is 45.0. The Balaban J connectivity index is 0.000000350. The molecule has 16 nitrogen and oxygen atoms in total. The normalized spacial score (nSPS) is 16.6. The number of carbonyl (C=O) groups excluding carboxylic acids is 6. The van der Waals surface area contributed by atoms with Crippen LogP contribution in [-0.4, -0.2) is 151 Å². The maximum atomic E-state index is 14.1. The molecule has 6 aromatic carbocycles. The first-order chi connectivity index (χ1) is 51.4. The smallest absolute Gasteiger partial charge is 0.250 e. The highest BCUT2D eigenvalue weighted by molar-refractivity contribution is 6.31. The molecule has 25 heteroatoms. The Bertz CT molecular complexity index is 3840. The number of amides is 6. The topological polar surface area (TPSA) is 167 Å². The van der Waals surface area contributed by atoms with Gasteiger partial charge in [-0.3, -0.25) is 43.5 Å². The molecule has 3 saturated heterocycles. The summed E-state index contributed by atoms with van der Waals surface area (Å²) in [5, 5.41) is 10.4. The van der Waals surface area contributed by atoms with Crippen LogP contribution in [0.1, 0.15) is 172 Å². The molecule has 0 radical (unpaired) electrons. The molecule has 618 valence electrons. The van der Waals surface area contributed by atoms with E-state index in [0.717, 1.165) is 42.4 Å². The fourth-order valence-electron chi connectivity index (χ4n) is 13.9.